The Balaban J connectivity index is 2.03. The molecule has 0 spiro atoms. The molecule has 2 heteroatoms. The van der Waals surface area contributed by atoms with Crippen LogP contribution in [0.2, 0.25) is 0 Å². The Kier molecular flexibility index (Phi) is 7.19. The molecule has 0 saturated heterocycles. The topological polar surface area (TPSA) is 18.5 Å². The molecule has 0 saturated carbocycles. The van der Waals surface area contributed by atoms with Crippen molar-refractivity contribution in [2.75, 3.05) is 13.2 Å². The fourth-order valence-electron chi connectivity index (χ4n) is 3.90. The molecule has 2 heterocycles. The van der Waals surface area contributed by atoms with Gasteiger partial charge in [-0.1, -0.05) is 52.0 Å². The van der Waals surface area contributed by atoms with E-state index in [2.05, 4.69) is 51.3 Å². The lowest BCUT2D eigenvalue weighted by Gasteiger charge is -2.19. The summed E-state index contributed by atoms with van der Waals surface area (Å²) in [5.41, 5.74) is 7.20. The first-order chi connectivity index (χ1) is 13.7. The lowest BCUT2D eigenvalue weighted by Crippen LogP contribution is -2.01. The fraction of sp³-hybridized carbons (Fsp3) is 0.462. The highest BCUT2D eigenvalue weighted by Crippen LogP contribution is 2.43. The van der Waals surface area contributed by atoms with E-state index >= 15 is 0 Å². The Labute approximate surface area is 170 Å². The maximum Gasteiger partial charge on any atom is 0.130 e. The van der Waals surface area contributed by atoms with Gasteiger partial charge in [0.1, 0.15) is 11.5 Å². The predicted molar refractivity (Wildman–Crippen MR) is 120 cm³/mol. The molecule has 1 aromatic rings. The first-order valence-corrected chi connectivity index (χ1v) is 10.9. The fourth-order valence-corrected chi connectivity index (χ4v) is 3.90. The molecular weight excluding hydrogens is 344 g/mol. The number of ether oxygens (including phenoxy) is 2. The van der Waals surface area contributed by atoms with Crippen molar-refractivity contribution in [3.8, 4) is 11.5 Å². The number of benzene rings is 1. The third kappa shape index (κ3) is 4.60. The van der Waals surface area contributed by atoms with Crippen LogP contribution in [0.5, 0.6) is 11.5 Å². The second-order valence-electron chi connectivity index (χ2n) is 7.77. The minimum atomic E-state index is 0.697. The number of unbranched alkanes of at least 4 members (excludes halogenated alkanes) is 2. The predicted octanol–water partition coefficient (Wildman–Crippen LogP) is 7.51. The lowest BCUT2D eigenvalue weighted by atomic mass is 9.88. The van der Waals surface area contributed by atoms with Gasteiger partial charge in [-0.15, -0.1) is 0 Å². The second kappa shape index (κ2) is 9.82. The minimum absolute atomic E-state index is 0.697. The van der Waals surface area contributed by atoms with E-state index in [-0.39, 0.29) is 0 Å². The van der Waals surface area contributed by atoms with Crippen LogP contribution in [0.25, 0.3) is 11.1 Å². The van der Waals surface area contributed by atoms with Crippen molar-refractivity contribution in [2.24, 2.45) is 0 Å². The van der Waals surface area contributed by atoms with E-state index in [1.165, 1.54) is 48.0 Å². The highest BCUT2D eigenvalue weighted by molar-refractivity contribution is 5.89. The second-order valence-corrected chi connectivity index (χ2v) is 7.77. The molecule has 28 heavy (non-hydrogen) atoms. The molecule has 2 aliphatic heterocycles. The summed E-state index contributed by atoms with van der Waals surface area (Å²) in [5.74, 6) is 1.83. The van der Waals surface area contributed by atoms with Crippen LogP contribution in [0.4, 0.5) is 0 Å². The van der Waals surface area contributed by atoms with Crippen molar-refractivity contribution in [3.05, 3.63) is 59.7 Å². The molecule has 0 aliphatic carbocycles. The first-order valence-electron chi connectivity index (χ1n) is 10.9. The third-order valence-corrected chi connectivity index (χ3v) is 5.54. The van der Waals surface area contributed by atoms with Gasteiger partial charge in [-0.2, -0.15) is 0 Å². The van der Waals surface area contributed by atoms with Crippen LogP contribution in [0.15, 0.2) is 48.6 Å². The number of hydrogen-bond acceptors (Lipinski definition) is 2. The summed E-state index contributed by atoms with van der Waals surface area (Å²) in [4.78, 5) is 0. The number of allylic oxidation sites excluding steroid dienone is 4. The summed E-state index contributed by atoms with van der Waals surface area (Å²) >= 11 is 0. The SMILES string of the molecule is C=C(CCCC)C1=CCCOc2cc3c(cc21)C(C(=C)CCCC)=CCCO3. The van der Waals surface area contributed by atoms with E-state index in [0.29, 0.717) is 13.2 Å². The summed E-state index contributed by atoms with van der Waals surface area (Å²) in [6.45, 7) is 14.6. The molecule has 1 aromatic carbocycles. The van der Waals surface area contributed by atoms with Gasteiger partial charge in [0.05, 0.1) is 13.2 Å². The number of rotatable bonds is 8. The molecule has 0 radical (unpaired) electrons. The standard InChI is InChI=1S/C26H34O2/c1-5-7-11-19(3)21-13-9-15-27-25-18-26-24(17-23(21)25)22(14-10-16-28-26)20(4)12-8-6-2/h13-14,17-18H,3-12,15-16H2,1-2H3. The Hall–Kier alpha value is -2.22. The zero-order valence-corrected chi connectivity index (χ0v) is 17.6. The molecule has 0 bridgehead atoms. The van der Waals surface area contributed by atoms with E-state index in [1.54, 1.807) is 0 Å². The minimum Gasteiger partial charge on any atom is -0.492 e. The van der Waals surface area contributed by atoms with Crippen LogP contribution in [0, 0.1) is 0 Å². The van der Waals surface area contributed by atoms with E-state index < -0.39 is 0 Å². The monoisotopic (exact) mass is 378 g/mol. The highest BCUT2D eigenvalue weighted by atomic mass is 16.5. The van der Waals surface area contributed by atoms with Crippen LogP contribution in [-0.2, 0) is 0 Å². The van der Waals surface area contributed by atoms with Gasteiger partial charge in [-0.25, -0.2) is 0 Å². The van der Waals surface area contributed by atoms with Crippen molar-refractivity contribution in [3.63, 3.8) is 0 Å². The largest absolute Gasteiger partial charge is 0.492 e. The van der Waals surface area contributed by atoms with Crippen molar-refractivity contribution in [2.45, 2.75) is 65.2 Å². The van der Waals surface area contributed by atoms with Gasteiger partial charge in [0.25, 0.3) is 0 Å². The van der Waals surface area contributed by atoms with Crippen LogP contribution in [0.1, 0.15) is 76.3 Å². The summed E-state index contributed by atoms with van der Waals surface area (Å²) in [7, 11) is 0. The normalized spacial score (nSPS) is 15.6. The number of hydrogen-bond donors (Lipinski definition) is 0. The molecule has 3 rings (SSSR count). The molecule has 0 N–H and O–H groups in total. The molecule has 2 aliphatic rings. The number of fused-ring (bicyclic) bond motifs is 2. The van der Waals surface area contributed by atoms with Crippen molar-refractivity contribution >= 4 is 11.1 Å². The van der Waals surface area contributed by atoms with Crippen LogP contribution in [-0.4, -0.2) is 13.2 Å². The first kappa shape index (κ1) is 20.5. The van der Waals surface area contributed by atoms with E-state index in [9.17, 15) is 0 Å². The maximum atomic E-state index is 6.09. The summed E-state index contributed by atoms with van der Waals surface area (Å²) in [5, 5.41) is 0. The van der Waals surface area contributed by atoms with Crippen molar-refractivity contribution in [1.82, 2.24) is 0 Å². The van der Waals surface area contributed by atoms with E-state index in [1.807, 2.05) is 0 Å². The van der Waals surface area contributed by atoms with Crippen molar-refractivity contribution in [1.29, 1.82) is 0 Å². The molecule has 0 aromatic heterocycles. The Morgan fingerprint density at radius 2 is 1.25 bits per heavy atom. The Morgan fingerprint density at radius 3 is 1.68 bits per heavy atom. The third-order valence-electron chi connectivity index (χ3n) is 5.54. The van der Waals surface area contributed by atoms with Gasteiger partial charge < -0.3 is 9.47 Å². The molecular formula is C26H34O2. The van der Waals surface area contributed by atoms with Gasteiger partial charge in [0.2, 0.25) is 0 Å². The zero-order valence-electron chi connectivity index (χ0n) is 17.6. The quantitative estimate of drug-likeness (QED) is 0.466. The lowest BCUT2D eigenvalue weighted by molar-refractivity contribution is 0.310. The Bertz CT molecular complexity index is 732. The van der Waals surface area contributed by atoms with Crippen LogP contribution < -0.4 is 9.47 Å². The average molecular weight is 379 g/mol. The average Bonchev–Trinajstić information content (AvgIpc) is 3.04. The van der Waals surface area contributed by atoms with Crippen molar-refractivity contribution < 1.29 is 9.47 Å². The molecule has 0 amide bonds. The van der Waals surface area contributed by atoms with Gasteiger partial charge >= 0.3 is 0 Å². The van der Waals surface area contributed by atoms with Crippen LogP contribution >= 0.6 is 0 Å². The highest BCUT2D eigenvalue weighted by Gasteiger charge is 2.22. The van der Waals surface area contributed by atoms with Crippen LogP contribution in [0.3, 0.4) is 0 Å². The van der Waals surface area contributed by atoms with Gasteiger partial charge in [0.15, 0.2) is 0 Å². The van der Waals surface area contributed by atoms with Gasteiger partial charge in [-0.05, 0) is 54.0 Å². The molecule has 0 unspecified atom stereocenters. The molecule has 150 valence electrons. The van der Waals surface area contributed by atoms with Gasteiger partial charge in [0, 0.05) is 30.0 Å². The molecule has 0 fully saturated rings. The summed E-state index contributed by atoms with van der Waals surface area (Å²) in [6, 6.07) is 4.34. The Morgan fingerprint density at radius 1 is 0.786 bits per heavy atom. The molecule has 0 atom stereocenters. The summed E-state index contributed by atoms with van der Waals surface area (Å²) in [6.07, 6.45) is 13.2. The maximum absolute atomic E-state index is 6.09. The molecule has 2 nitrogen and oxygen atoms in total. The van der Waals surface area contributed by atoms with E-state index in [0.717, 1.165) is 48.3 Å². The summed E-state index contributed by atoms with van der Waals surface area (Å²) < 4.78 is 12.2. The smallest absolute Gasteiger partial charge is 0.130 e. The van der Waals surface area contributed by atoms with Gasteiger partial charge in [-0.3, -0.25) is 0 Å². The zero-order chi connectivity index (χ0) is 19.9. The van der Waals surface area contributed by atoms with E-state index in [4.69, 9.17) is 9.47 Å².